The van der Waals surface area contributed by atoms with Gasteiger partial charge in [-0.2, -0.15) is 5.26 Å². The standard InChI is InChI=1S/C8H10ClN/c1-6-2-3-8(9)4-7(6)5-10/h7-8H,1-4H2. The Labute approximate surface area is 66.3 Å². The van der Waals surface area contributed by atoms with Crippen LogP contribution in [0.15, 0.2) is 12.2 Å². The molecule has 1 aliphatic carbocycles. The van der Waals surface area contributed by atoms with Gasteiger partial charge in [0.05, 0.1) is 12.0 Å². The Morgan fingerprint density at radius 1 is 1.70 bits per heavy atom. The molecule has 1 fully saturated rings. The van der Waals surface area contributed by atoms with Crippen LogP contribution < -0.4 is 0 Å². The van der Waals surface area contributed by atoms with Crippen LogP contribution in [0, 0.1) is 17.2 Å². The van der Waals surface area contributed by atoms with E-state index in [9.17, 15) is 0 Å². The lowest BCUT2D eigenvalue weighted by Gasteiger charge is -2.22. The predicted octanol–water partition coefficient (Wildman–Crippen LogP) is 2.47. The van der Waals surface area contributed by atoms with Gasteiger partial charge in [-0.05, 0) is 19.3 Å². The van der Waals surface area contributed by atoms with Crippen molar-refractivity contribution >= 4 is 11.6 Å². The van der Waals surface area contributed by atoms with E-state index in [0.717, 1.165) is 24.8 Å². The van der Waals surface area contributed by atoms with Crippen molar-refractivity contribution in [1.29, 1.82) is 5.26 Å². The van der Waals surface area contributed by atoms with E-state index in [1.165, 1.54) is 0 Å². The molecule has 2 heteroatoms. The molecule has 0 aliphatic heterocycles. The van der Waals surface area contributed by atoms with Crippen LogP contribution in [0.3, 0.4) is 0 Å². The van der Waals surface area contributed by atoms with E-state index in [1.807, 2.05) is 0 Å². The van der Waals surface area contributed by atoms with Crippen molar-refractivity contribution in [2.45, 2.75) is 24.6 Å². The van der Waals surface area contributed by atoms with Crippen molar-refractivity contribution in [2.75, 3.05) is 0 Å². The molecule has 10 heavy (non-hydrogen) atoms. The number of nitriles is 1. The molecular weight excluding hydrogens is 146 g/mol. The van der Waals surface area contributed by atoms with Crippen molar-refractivity contribution in [1.82, 2.24) is 0 Å². The lowest BCUT2D eigenvalue weighted by Crippen LogP contribution is -2.15. The average molecular weight is 156 g/mol. The SMILES string of the molecule is C=C1CCC(Cl)CC1C#N. The number of rotatable bonds is 0. The quantitative estimate of drug-likeness (QED) is 0.390. The van der Waals surface area contributed by atoms with Gasteiger partial charge < -0.3 is 0 Å². The van der Waals surface area contributed by atoms with Gasteiger partial charge in [-0.1, -0.05) is 12.2 Å². The van der Waals surface area contributed by atoms with Gasteiger partial charge in [-0.15, -0.1) is 11.6 Å². The summed E-state index contributed by atoms with van der Waals surface area (Å²) in [6.45, 7) is 3.82. The minimum Gasteiger partial charge on any atom is -0.198 e. The number of hydrogen-bond acceptors (Lipinski definition) is 1. The smallest absolute Gasteiger partial charge is 0.0700 e. The first-order valence-corrected chi connectivity index (χ1v) is 3.89. The fourth-order valence-corrected chi connectivity index (χ4v) is 1.49. The topological polar surface area (TPSA) is 23.8 Å². The van der Waals surface area contributed by atoms with Crippen molar-refractivity contribution < 1.29 is 0 Å². The first-order chi connectivity index (χ1) is 4.74. The average Bonchev–Trinajstić information content (AvgIpc) is 1.94. The molecular formula is C8H10ClN. The highest BCUT2D eigenvalue weighted by molar-refractivity contribution is 6.20. The first kappa shape index (κ1) is 7.63. The van der Waals surface area contributed by atoms with Gasteiger partial charge in [-0.3, -0.25) is 0 Å². The summed E-state index contributed by atoms with van der Waals surface area (Å²) < 4.78 is 0. The summed E-state index contributed by atoms with van der Waals surface area (Å²) in [6, 6.07) is 2.20. The molecule has 0 aromatic heterocycles. The normalized spacial score (nSPS) is 33.4. The van der Waals surface area contributed by atoms with Crippen molar-refractivity contribution in [3.63, 3.8) is 0 Å². The lowest BCUT2D eigenvalue weighted by molar-refractivity contribution is 0.536. The van der Waals surface area contributed by atoms with E-state index >= 15 is 0 Å². The van der Waals surface area contributed by atoms with Crippen LogP contribution in [-0.2, 0) is 0 Å². The molecule has 0 N–H and O–H groups in total. The maximum Gasteiger partial charge on any atom is 0.0700 e. The summed E-state index contributed by atoms with van der Waals surface area (Å²) in [5.41, 5.74) is 1.06. The van der Waals surface area contributed by atoms with E-state index in [1.54, 1.807) is 0 Å². The zero-order chi connectivity index (χ0) is 7.56. The molecule has 54 valence electrons. The summed E-state index contributed by atoms with van der Waals surface area (Å²) in [6.07, 6.45) is 2.70. The maximum absolute atomic E-state index is 8.61. The Bertz CT molecular complexity index is 180. The van der Waals surface area contributed by atoms with Gasteiger partial charge >= 0.3 is 0 Å². The number of halogens is 1. The highest BCUT2D eigenvalue weighted by Gasteiger charge is 2.22. The lowest BCUT2D eigenvalue weighted by atomic mass is 9.86. The summed E-state index contributed by atoms with van der Waals surface area (Å²) in [5, 5.41) is 8.80. The molecule has 0 spiro atoms. The molecule has 1 aliphatic rings. The molecule has 0 bridgehead atoms. The van der Waals surface area contributed by atoms with Gasteiger partial charge in [-0.25, -0.2) is 0 Å². The van der Waals surface area contributed by atoms with Crippen LogP contribution >= 0.6 is 11.6 Å². The van der Waals surface area contributed by atoms with Crippen LogP contribution in [0.2, 0.25) is 0 Å². The van der Waals surface area contributed by atoms with Crippen LogP contribution in [0.25, 0.3) is 0 Å². The largest absolute Gasteiger partial charge is 0.198 e. The van der Waals surface area contributed by atoms with E-state index in [4.69, 9.17) is 16.9 Å². The summed E-state index contributed by atoms with van der Waals surface area (Å²) in [4.78, 5) is 0. The Hall–Kier alpha value is -0.480. The highest BCUT2D eigenvalue weighted by Crippen LogP contribution is 2.30. The second-order valence-corrected chi connectivity index (χ2v) is 3.33. The van der Waals surface area contributed by atoms with Crippen molar-refractivity contribution in [3.8, 4) is 6.07 Å². The highest BCUT2D eigenvalue weighted by atomic mass is 35.5. The molecule has 0 aromatic carbocycles. The Kier molecular flexibility index (Phi) is 2.34. The fraction of sp³-hybridized carbons (Fsp3) is 0.625. The molecule has 1 saturated carbocycles. The Balaban J connectivity index is 2.56. The third kappa shape index (κ3) is 1.52. The first-order valence-electron chi connectivity index (χ1n) is 3.45. The Morgan fingerprint density at radius 2 is 2.40 bits per heavy atom. The van der Waals surface area contributed by atoms with E-state index in [0.29, 0.717) is 0 Å². The summed E-state index contributed by atoms with van der Waals surface area (Å²) >= 11 is 5.86. The van der Waals surface area contributed by atoms with Gasteiger partial charge in [0.25, 0.3) is 0 Å². The molecule has 0 aromatic rings. The molecule has 0 saturated heterocycles. The molecule has 2 unspecified atom stereocenters. The third-order valence-corrected chi connectivity index (χ3v) is 2.32. The number of hydrogen-bond donors (Lipinski definition) is 0. The van der Waals surface area contributed by atoms with Crippen LogP contribution in [0.1, 0.15) is 19.3 Å². The molecule has 1 nitrogen and oxygen atoms in total. The van der Waals surface area contributed by atoms with Crippen molar-refractivity contribution in [3.05, 3.63) is 12.2 Å². The number of alkyl halides is 1. The predicted molar refractivity (Wildman–Crippen MR) is 41.7 cm³/mol. The summed E-state index contributed by atoms with van der Waals surface area (Å²) in [5.74, 6) is 0.0104. The monoisotopic (exact) mass is 155 g/mol. The van der Waals surface area contributed by atoms with E-state index in [2.05, 4.69) is 12.6 Å². The molecule has 0 amide bonds. The molecule has 2 atom stereocenters. The molecule has 0 radical (unpaired) electrons. The van der Waals surface area contributed by atoms with E-state index in [-0.39, 0.29) is 11.3 Å². The Morgan fingerprint density at radius 3 is 2.90 bits per heavy atom. The van der Waals surface area contributed by atoms with E-state index < -0.39 is 0 Å². The van der Waals surface area contributed by atoms with Gasteiger partial charge in [0.1, 0.15) is 0 Å². The molecule has 1 rings (SSSR count). The van der Waals surface area contributed by atoms with Crippen LogP contribution in [-0.4, -0.2) is 5.38 Å². The zero-order valence-corrected chi connectivity index (χ0v) is 6.56. The minimum absolute atomic E-state index is 0.0104. The number of nitrogens with zero attached hydrogens (tertiary/aromatic N) is 1. The second kappa shape index (κ2) is 3.07. The van der Waals surface area contributed by atoms with Gasteiger partial charge in [0.15, 0.2) is 0 Å². The number of allylic oxidation sites excluding steroid dienone is 1. The van der Waals surface area contributed by atoms with Gasteiger partial charge in [0, 0.05) is 5.38 Å². The minimum atomic E-state index is 0.0104. The second-order valence-electron chi connectivity index (χ2n) is 2.71. The molecule has 0 heterocycles. The van der Waals surface area contributed by atoms with Gasteiger partial charge in [0.2, 0.25) is 0 Å². The third-order valence-electron chi connectivity index (χ3n) is 1.92. The maximum atomic E-state index is 8.61. The van der Waals surface area contributed by atoms with Crippen LogP contribution in [0.4, 0.5) is 0 Å². The zero-order valence-electron chi connectivity index (χ0n) is 5.81. The fourth-order valence-electron chi connectivity index (χ4n) is 1.20. The van der Waals surface area contributed by atoms with Crippen molar-refractivity contribution in [2.24, 2.45) is 5.92 Å². The summed E-state index contributed by atoms with van der Waals surface area (Å²) in [7, 11) is 0. The van der Waals surface area contributed by atoms with Crippen LogP contribution in [0.5, 0.6) is 0 Å².